The number of likely N-dealkylation sites (tertiary alicyclic amines) is 1. The van der Waals surface area contributed by atoms with Crippen LogP contribution in [-0.2, 0) is 9.53 Å². The standard InChI is InChI=1S/C25H24N2O4/c1-31-25(30)19-9-11-20(12-10-19)26-23(28)18-13-15-27(16-14-18)24(29)22-8-4-6-17-5-2-3-7-21(17)22/h2-12,18H,13-16H2,1H3,(H,26,28). The quantitative estimate of drug-likeness (QED) is 0.649. The topological polar surface area (TPSA) is 75.7 Å². The summed E-state index contributed by atoms with van der Waals surface area (Å²) in [5.74, 6) is -0.630. The predicted molar refractivity (Wildman–Crippen MR) is 119 cm³/mol. The summed E-state index contributed by atoms with van der Waals surface area (Å²) in [7, 11) is 1.33. The third kappa shape index (κ3) is 4.43. The molecule has 0 radical (unpaired) electrons. The number of anilines is 1. The summed E-state index contributed by atoms with van der Waals surface area (Å²) in [6.07, 6.45) is 1.23. The molecule has 31 heavy (non-hydrogen) atoms. The summed E-state index contributed by atoms with van der Waals surface area (Å²) < 4.78 is 4.68. The molecule has 3 aromatic rings. The molecule has 0 unspecified atom stereocenters. The van der Waals surface area contributed by atoms with Gasteiger partial charge in [0.2, 0.25) is 5.91 Å². The Kier molecular flexibility index (Phi) is 5.98. The first-order valence-corrected chi connectivity index (χ1v) is 10.3. The number of piperidine rings is 1. The molecule has 3 aromatic carbocycles. The van der Waals surface area contributed by atoms with Crippen LogP contribution in [0.1, 0.15) is 33.6 Å². The van der Waals surface area contributed by atoms with Gasteiger partial charge in [-0.25, -0.2) is 4.79 Å². The molecule has 6 nitrogen and oxygen atoms in total. The molecule has 0 aliphatic carbocycles. The Bertz CT molecular complexity index is 1110. The van der Waals surface area contributed by atoms with Crippen molar-refractivity contribution in [3.05, 3.63) is 77.9 Å². The fourth-order valence-corrected chi connectivity index (χ4v) is 3.98. The van der Waals surface area contributed by atoms with Gasteiger partial charge in [0, 0.05) is 30.3 Å². The zero-order valence-corrected chi connectivity index (χ0v) is 17.3. The Morgan fingerprint density at radius 1 is 0.903 bits per heavy atom. The van der Waals surface area contributed by atoms with Crippen LogP contribution in [0.15, 0.2) is 66.7 Å². The Hall–Kier alpha value is -3.67. The first kappa shape index (κ1) is 20.6. The van der Waals surface area contributed by atoms with E-state index in [0.29, 0.717) is 42.7 Å². The van der Waals surface area contributed by atoms with Crippen molar-refractivity contribution in [2.75, 3.05) is 25.5 Å². The van der Waals surface area contributed by atoms with Gasteiger partial charge in [-0.05, 0) is 53.9 Å². The maximum absolute atomic E-state index is 13.1. The van der Waals surface area contributed by atoms with Gasteiger partial charge in [-0.3, -0.25) is 9.59 Å². The molecule has 6 heteroatoms. The maximum atomic E-state index is 13.1. The molecule has 0 saturated carbocycles. The molecule has 1 fully saturated rings. The SMILES string of the molecule is COC(=O)c1ccc(NC(=O)C2CCN(C(=O)c3cccc4ccccc34)CC2)cc1. The van der Waals surface area contributed by atoms with Crippen molar-refractivity contribution in [2.45, 2.75) is 12.8 Å². The van der Waals surface area contributed by atoms with Crippen LogP contribution in [0.5, 0.6) is 0 Å². The first-order valence-electron chi connectivity index (χ1n) is 10.3. The minimum Gasteiger partial charge on any atom is -0.465 e. The highest BCUT2D eigenvalue weighted by atomic mass is 16.5. The molecule has 0 spiro atoms. The van der Waals surface area contributed by atoms with Gasteiger partial charge < -0.3 is 15.0 Å². The van der Waals surface area contributed by atoms with E-state index in [9.17, 15) is 14.4 Å². The number of amides is 2. The summed E-state index contributed by atoms with van der Waals surface area (Å²) in [5, 5.41) is 4.89. The van der Waals surface area contributed by atoms with Crippen LogP contribution >= 0.6 is 0 Å². The van der Waals surface area contributed by atoms with Crippen LogP contribution in [0.25, 0.3) is 10.8 Å². The molecule has 1 saturated heterocycles. The number of carbonyl (C=O) groups is 3. The van der Waals surface area contributed by atoms with Gasteiger partial charge in [-0.15, -0.1) is 0 Å². The number of hydrogen-bond donors (Lipinski definition) is 1. The van der Waals surface area contributed by atoms with Gasteiger partial charge in [0.15, 0.2) is 0 Å². The molecule has 4 rings (SSSR count). The molecule has 1 heterocycles. The van der Waals surface area contributed by atoms with Crippen molar-refractivity contribution >= 4 is 34.2 Å². The molecule has 0 atom stereocenters. The van der Waals surface area contributed by atoms with Crippen molar-refractivity contribution in [1.82, 2.24) is 4.90 Å². The van der Waals surface area contributed by atoms with E-state index in [-0.39, 0.29) is 17.7 Å². The minimum atomic E-state index is -0.416. The van der Waals surface area contributed by atoms with Crippen molar-refractivity contribution < 1.29 is 19.1 Å². The lowest BCUT2D eigenvalue weighted by Crippen LogP contribution is -2.41. The third-order valence-corrected chi connectivity index (χ3v) is 5.75. The second-order valence-electron chi connectivity index (χ2n) is 7.65. The normalized spacial score (nSPS) is 14.3. The average Bonchev–Trinajstić information content (AvgIpc) is 2.83. The molecule has 2 amide bonds. The fourth-order valence-electron chi connectivity index (χ4n) is 3.98. The number of nitrogens with one attached hydrogen (secondary N) is 1. The van der Waals surface area contributed by atoms with Crippen LogP contribution in [-0.4, -0.2) is 42.9 Å². The summed E-state index contributed by atoms with van der Waals surface area (Å²) in [5.41, 5.74) is 1.76. The number of rotatable bonds is 4. The lowest BCUT2D eigenvalue weighted by atomic mass is 9.94. The second kappa shape index (κ2) is 9.00. The van der Waals surface area contributed by atoms with E-state index in [0.717, 1.165) is 10.8 Å². The van der Waals surface area contributed by atoms with Crippen molar-refractivity contribution in [3.8, 4) is 0 Å². The van der Waals surface area contributed by atoms with Crippen molar-refractivity contribution in [1.29, 1.82) is 0 Å². The van der Waals surface area contributed by atoms with E-state index in [1.807, 2.05) is 47.4 Å². The second-order valence-corrected chi connectivity index (χ2v) is 7.65. The Labute approximate surface area is 180 Å². The lowest BCUT2D eigenvalue weighted by Gasteiger charge is -2.31. The summed E-state index contributed by atoms with van der Waals surface area (Å²) in [6, 6.07) is 20.2. The maximum Gasteiger partial charge on any atom is 0.337 e. The van der Waals surface area contributed by atoms with Gasteiger partial charge in [0.25, 0.3) is 5.91 Å². The largest absolute Gasteiger partial charge is 0.465 e. The van der Waals surface area contributed by atoms with E-state index in [1.165, 1.54) is 7.11 Å². The fraction of sp³-hybridized carbons (Fsp3) is 0.240. The summed E-state index contributed by atoms with van der Waals surface area (Å²) >= 11 is 0. The molecule has 1 aliphatic heterocycles. The number of nitrogens with zero attached hydrogens (tertiary/aromatic N) is 1. The molecule has 1 aliphatic rings. The number of carbonyl (C=O) groups excluding carboxylic acids is 3. The van der Waals surface area contributed by atoms with Gasteiger partial charge in [-0.1, -0.05) is 36.4 Å². The molecule has 0 bridgehead atoms. The average molecular weight is 416 g/mol. The van der Waals surface area contributed by atoms with E-state index in [4.69, 9.17) is 0 Å². The van der Waals surface area contributed by atoms with Crippen molar-refractivity contribution in [2.24, 2.45) is 5.92 Å². The van der Waals surface area contributed by atoms with Crippen LogP contribution in [0, 0.1) is 5.92 Å². The van der Waals surface area contributed by atoms with Crippen LogP contribution in [0.2, 0.25) is 0 Å². The number of methoxy groups -OCH3 is 1. The van der Waals surface area contributed by atoms with Gasteiger partial charge >= 0.3 is 5.97 Å². The molecular weight excluding hydrogens is 392 g/mol. The van der Waals surface area contributed by atoms with E-state index >= 15 is 0 Å². The number of ether oxygens (including phenoxy) is 1. The van der Waals surface area contributed by atoms with Crippen molar-refractivity contribution in [3.63, 3.8) is 0 Å². The van der Waals surface area contributed by atoms with Crippen LogP contribution < -0.4 is 5.32 Å². The number of esters is 1. The van der Waals surface area contributed by atoms with Crippen LogP contribution in [0.4, 0.5) is 5.69 Å². The van der Waals surface area contributed by atoms with Gasteiger partial charge in [0.05, 0.1) is 12.7 Å². The predicted octanol–water partition coefficient (Wildman–Crippen LogP) is 4.12. The molecular formula is C25H24N2O4. The van der Waals surface area contributed by atoms with E-state index in [2.05, 4.69) is 10.1 Å². The smallest absolute Gasteiger partial charge is 0.337 e. The van der Waals surface area contributed by atoms with E-state index < -0.39 is 5.97 Å². The highest BCUT2D eigenvalue weighted by Gasteiger charge is 2.28. The summed E-state index contributed by atoms with van der Waals surface area (Å²) in [4.78, 5) is 39.1. The highest BCUT2D eigenvalue weighted by Crippen LogP contribution is 2.24. The summed E-state index contributed by atoms with van der Waals surface area (Å²) in [6.45, 7) is 1.09. The monoisotopic (exact) mass is 416 g/mol. The van der Waals surface area contributed by atoms with Gasteiger partial charge in [0.1, 0.15) is 0 Å². The Morgan fingerprint density at radius 2 is 1.58 bits per heavy atom. The molecule has 0 aromatic heterocycles. The molecule has 158 valence electrons. The highest BCUT2D eigenvalue weighted by molar-refractivity contribution is 6.07. The Balaban J connectivity index is 1.36. The Morgan fingerprint density at radius 3 is 2.29 bits per heavy atom. The number of hydrogen-bond acceptors (Lipinski definition) is 4. The number of benzene rings is 3. The van der Waals surface area contributed by atoms with Gasteiger partial charge in [-0.2, -0.15) is 0 Å². The van der Waals surface area contributed by atoms with E-state index in [1.54, 1.807) is 24.3 Å². The minimum absolute atomic E-state index is 0.00839. The zero-order chi connectivity index (χ0) is 21.8. The van der Waals surface area contributed by atoms with Crippen LogP contribution in [0.3, 0.4) is 0 Å². The zero-order valence-electron chi connectivity index (χ0n) is 17.3. The molecule has 1 N–H and O–H groups in total. The lowest BCUT2D eigenvalue weighted by molar-refractivity contribution is -0.121. The number of fused-ring (bicyclic) bond motifs is 1. The third-order valence-electron chi connectivity index (χ3n) is 5.75. The first-order chi connectivity index (χ1) is 15.1.